The normalized spacial score (nSPS) is 10.8. The number of hydrogen-bond donors (Lipinski definition) is 4. The topological polar surface area (TPSA) is 107 Å². The summed E-state index contributed by atoms with van der Waals surface area (Å²) in [5, 5.41) is 20.7. The van der Waals surface area contributed by atoms with E-state index in [1.165, 1.54) is 6.21 Å². The van der Waals surface area contributed by atoms with Crippen LogP contribution in [0.5, 0.6) is 5.75 Å². The van der Waals surface area contributed by atoms with E-state index in [0.29, 0.717) is 21.9 Å². The molecule has 0 saturated carbocycles. The lowest BCUT2D eigenvalue weighted by Gasteiger charge is -2.10. The van der Waals surface area contributed by atoms with Crippen molar-refractivity contribution in [1.82, 2.24) is 15.0 Å². The van der Waals surface area contributed by atoms with Crippen LogP contribution in [0.15, 0.2) is 86.8 Å². The Hall–Kier alpha value is -3.50. The second kappa shape index (κ2) is 10.2. The Morgan fingerprint density at radius 1 is 0.750 bits per heavy atom. The molecule has 8 nitrogen and oxygen atoms in total. The van der Waals surface area contributed by atoms with E-state index in [1.54, 1.807) is 12.1 Å². The molecule has 4 N–H and O–H groups in total. The second-order valence-corrected chi connectivity index (χ2v) is 8.25. The molecule has 0 unspecified atom stereocenters. The van der Waals surface area contributed by atoms with Crippen molar-refractivity contribution in [3.63, 3.8) is 0 Å². The van der Waals surface area contributed by atoms with Gasteiger partial charge in [0.25, 0.3) is 0 Å². The number of anilines is 5. The number of nitrogens with one attached hydrogen (secondary N) is 3. The van der Waals surface area contributed by atoms with E-state index in [9.17, 15) is 5.11 Å². The van der Waals surface area contributed by atoms with Crippen molar-refractivity contribution in [3.05, 3.63) is 87.3 Å². The summed E-state index contributed by atoms with van der Waals surface area (Å²) in [7, 11) is 0. The summed E-state index contributed by atoms with van der Waals surface area (Å²) in [6.45, 7) is 0. The largest absolute Gasteiger partial charge is 0.506 e. The third kappa shape index (κ3) is 5.80. The molecule has 0 amide bonds. The molecular weight excluding hydrogens is 538 g/mol. The Labute approximate surface area is 201 Å². The summed E-state index contributed by atoms with van der Waals surface area (Å²) >= 11 is 6.70. The molecule has 4 aromatic rings. The molecule has 0 aliphatic rings. The number of hydrazone groups is 1. The molecule has 0 bridgehead atoms. The smallest absolute Gasteiger partial charge is 0.250 e. The number of phenols is 1. The molecule has 0 aliphatic heterocycles. The minimum Gasteiger partial charge on any atom is -0.506 e. The van der Waals surface area contributed by atoms with Gasteiger partial charge in [-0.3, -0.25) is 0 Å². The number of halogens is 2. The second-order valence-electron chi connectivity index (χ2n) is 6.48. The average molecular weight is 555 g/mol. The summed E-state index contributed by atoms with van der Waals surface area (Å²) in [6, 6.07) is 22.6. The van der Waals surface area contributed by atoms with Crippen LogP contribution in [0, 0.1) is 0 Å². The van der Waals surface area contributed by atoms with Crippen molar-refractivity contribution in [2.45, 2.75) is 0 Å². The van der Waals surface area contributed by atoms with Crippen molar-refractivity contribution >= 4 is 67.3 Å². The van der Waals surface area contributed by atoms with Crippen LogP contribution in [-0.2, 0) is 0 Å². The van der Waals surface area contributed by atoms with Gasteiger partial charge in [0.1, 0.15) is 5.75 Å². The number of benzene rings is 3. The highest BCUT2D eigenvalue weighted by molar-refractivity contribution is 9.11. The van der Waals surface area contributed by atoms with E-state index in [0.717, 1.165) is 15.8 Å². The molecule has 0 fully saturated rings. The lowest BCUT2D eigenvalue weighted by Crippen LogP contribution is -2.07. The van der Waals surface area contributed by atoms with Crippen molar-refractivity contribution in [2.24, 2.45) is 5.10 Å². The maximum Gasteiger partial charge on any atom is 0.250 e. The highest BCUT2D eigenvalue weighted by atomic mass is 79.9. The van der Waals surface area contributed by atoms with E-state index in [2.05, 4.69) is 68.0 Å². The highest BCUT2D eigenvalue weighted by Crippen LogP contribution is 2.30. The summed E-state index contributed by atoms with van der Waals surface area (Å²) < 4.78 is 1.35. The van der Waals surface area contributed by atoms with Crippen LogP contribution in [0.2, 0.25) is 0 Å². The van der Waals surface area contributed by atoms with Gasteiger partial charge in [-0.25, -0.2) is 5.43 Å². The van der Waals surface area contributed by atoms with Crippen molar-refractivity contribution in [3.8, 4) is 5.75 Å². The van der Waals surface area contributed by atoms with Crippen molar-refractivity contribution < 1.29 is 5.11 Å². The molecule has 3 aromatic carbocycles. The zero-order valence-corrected chi connectivity index (χ0v) is 19.7. The Morgan fingerprint density at radius 2 is 1.28 bits per heavy atom. The van der Waals surface area contributed by atoms with Gasteiger partial charge in [-0.15, -0.1) is 0 Å². The first-order valence-corrected chi connectivity index (χ1v) is 11.0. The lowest BCUT2D eigenvalue weighted by atomic mass is 10.2. The van der Waals surface area contributed by atoms with Crippen LogP contribution in [0.3, 0.4) is 0 Å². The zero-order valence-electron chi connectivity index (χ0n) is 16.5. The Kier molecular flexibility index (Phi) is 6.93. The molecule has 0 radical (unpaired) electrons. The van der Waals surface area contributed by atoms with Gasteiger partial charge in [-0.2, -0.15) is 20.1 Å². The average Bonchev–Trinajstić information content (AvgIpc) is 2.78. The number of aromatic nitrogens is 3. The summed E-state index contributed by atoms with van der Waals surface area (Å²) in [5.74, 6) is 0.986. The van der Waals surface area contributed by atoms with Gasteiger partial charge in [0.15, 0.2) is 0 Å². The molecular formula is C22H17Br2N7O. The van der Waals surface area contributed by atoms with Crippen molar-refractivity contribution in [2.75, 3.05) is 16.1 Å². The maximum absolute atomic E-state index is 10.2. The van der Waals surface area contributed by atoms with Crippen LogP contribution in [-0.4, -0.2) is 26.3 Å². The summed E-state index contributed by atoms with van der Waals surface area (Å²) in [5.41, 5.74) is 4.98. The summed E-state index contributed by atoms with van der Waals surface area (Å²) in [4.78, 5) is 13.2. The number of rotatable bonds is 7. The molecule has 160 valence electrons. The number of nitrogens with zero attached hydrogens (tertiary/aromatic N) is 4. The fourth-order valence-corrected chi connectivity index (χ4v) is 3.94. The third-order valence-electron chi connectivity index (χ3n) is 4.12. The van der Waals surface area contributed by atoms with E-state index in [4.69, 9.17) is 0 Å². The Balaban J connectivity index is 1.59. The van der Waals surface area contributed by atoms with Gasteiger partial charge < -0.3 is 15.7 Å². The minimum absolute atomic E-state index is 0.0762. The molecule has 1 heterocycles. The molecule has 0 saturated heterocycles. The van der Waals surface area contributed by atoms with Crippen LogP contribution in [0.4, 0.5) is 29.2 Å². The van der Waals surface area contributed by atoms with E-state index in [-0.39, 0.29) is 11.7 Å². The first-order chi connectivity index (χ1) is 15.6. The van der Waals surface area contributed by atoms with Gasteiger partial charge in [0.05, 0.1) is 10.7 Å². The number of para-hydroxylation sites is 2. The van der Waals surface area contributed by atoms with E-state index >= 15 is 0 Å². The predicted molar refractivity (Wildman–Crippen MR) is 134 cm³/mol. The van der Waals surface area contributed by atoms with Gasteiger partial charge in [0.2, 0.25) is 17.8 Å². The Bertz CT molecular complexity index is 1180. The van der Waals surface area contributed by atoms with Gasteiger partial charge in [-0.1, -0.05) is 52.3 Å². The van der Waals surface area contributed by atoms with Gasteiger partial charge in [0, 0.05) is 21.4 Å². The number of phenolic OH excluding ortho intramolecular Hbond substituents is 1. The lowest BCUT2D eigenvalue weighted by molar-refractivity contribution is 0.471. The monoisotopic (exact) mass is 553 g/mol. The predicted octanol–water partition coefficient (Wildman–Crippen LogP) is 6.04. The molecule has 10 heteroatoms. The fourth-order valence-electron chi connectivity index (χ4n) is 2.68. The van der Waals surface area contributed by atoms with E-state index < -0.39 is 0 Å². The SMILES string of the molecule is Oc1c(Br)cc(Br)cc1C=NNc1nc(Nc2ccccc2)nc(Nc2ccccc2)n1. The molecule has 0 aliphatic carbocycles. The zero-order chi connectivity index (χ0) is 22.3. The van der Waals surface area contributed by atoms with Crippen molar-refractivity contribution in [1.29, 1.82) is 0 Å². The Morgan fingerprint density at radius 3 is 1.84 bits per heavy atom. The van der Waals surface area contributed by atoms with Gasteiger partial charge in [-0.05, 0) is 52.3 Å². The van der Waals surface area contributed by atoms with Crippen LogP contribution in [0.25, 0.3) is 0 Å². The quantitative estimate of drug-likeness (QED) is 0.163. The van der Waals surface area contributed by atoms with Crippen LogP contribution >= 0.6 is 31.9 Å². The van der Waals surface area contributed by atoms with Crippen LogP contribution in [0.1, 0.15) is 5.56 Å². The molecule has 0 spiro atoms. The maximum atomic E-state index is 10.2. The first kappa shape index (κ1) is 21.7. The highest BCUT2D eigenvalue weighted by Gasteiger charge is 2.08. The molecule has 1 aromatic heterocycles. The van der Waals surface area contributed by atoms with E-state index in [1.807, 2.05) is 60.7 Å². The first-order valence-electron chi connectivity index (χ1n) is 9.44. The number of hydrogen-bond acceptors (Lipinski definition) is 8. The molecule has 4 rings (SSSR count). The number of aromatic hydroxyl groups is 1. The molecule has 32 heavy (non-hydrogen) atoms. The van der Waals surface area contributed by atoms with Crippen LogP contribution < -0.4 is 16.1 Å². The summed E-state index contributed by atoms with van der Waals surface area (Å²) in [6.07, 6.45) is 1.48. The minimum atomic E-state index is 0.0762. The van der Waals surface area contributed by atoms with Gasteiger partial charge >= 0.3 is 0 Å². The standard InChI is InChI=1S/C22H17Br2N7O/c23-15-11-14(19(32)18(24)12-15)13-25-31-22-29-20(26-16-7-3-1-4-8-16)28-21(30-22)27-17-9-5-2-6-10-17/h1-13,32H,(H3,26,27,28,29,30,31). The fraction of sp³-hybridized carbons (Fsp3) is 0. The third-order valence-corrected chi connectivity index (χ3v) is 5.18. The molecule has 0 atom stereocenters.